The van der Waals surface area contributed by atoms with Gasteiger partial charge in [0.25, 0.3) is 5.56 Å². The van der Waals surface area contributed by atoms with Crippen LogP contribution in [0.2, 0.25) is 0 Å². The highest BCUT2D eigenvalue weighted by atomic mass is 32.1. The molecule has 0 saturated heterocycles. The molecule has 2 aromatic heterocycles. The first-order valence-electron chi connectivity index (χ1n) is 7.25. The molecule has 23 heavy (non-hydrogen) atoms. The highest BCUT2D eigenvalue weighted by molar-refractivity contribution is 7.09. The highest BCUT2D eigenvalue weighted by Gasteiger charge is 2.13. The molecule has 0 saturated carbocycles. The molecule has 120 valence electrons. The second-order valence-corrected chi connectivity index (χ2v) is 6.21. The molecule has 1 N–H and O–H groups in total. The Bertz CT molecular complexity index is 874. The van der Waals surface area contributed by atoms with Crippen LogP contribution in [-0.4, -0.2) is 29.1 Å². The smallest absolute Gasteiger partial charge is 0.260 e. The van der Waals surface area contributed by atoms with Gasteiger partial charge in [-0.3, -0.25) is 9.78 Å². The van der Waals surface area contributed by atoms with Crippen LogP contribution in [0, 0.1) is 0 Å². The van der Waals surface area contributed by atoms with Crippen LogP contribution in [0.4, 0.5) is 5.95 Å². The van der Waals surface area contributed by atoms with Crippen LogP contribution in [-0.2, 0) is 11.3 Å². The number of hydrogen-bond acceptors (Lipinski definition) is 6. The van der Waals surface area contributed by atoms with Crippen molar-refractivity contribution >= 4 is 28.2 Å². The maximum absolute atomic E-state index is 12.1. The molecule has 1 atom stereocenters. The predicted octanol–water partition coefficient (Wildman–Crippen LogP) is 2.72. The fourth-order valence-corrected chi connectivity index (χ4v) is 3.10. The lowest BCUT2D eigenvalue weighted by atomic mass is 10.2. The van der Waals surface area contributed by atoms with Gasteiger partial charge in [-0.1, -0.05) is 12.1 Å². The third kappa shape index (κ3) is 3.25. The lowest BCUT2D eigenvalue weighted by Crippen LogP contribution is -2.23. The van der Waals surface area contributed by atoms with Crippen molar-refractivity contribution in [1.82, 2.24) is 15.0 Å². The summed E-state index contributed by atoms with van der Waals surface area (Å²) in [6.07, 6.45) is -0.0161. The summed E-state index contributed by atoms with van der Waals surface area (Å²) in [5, 5.41) is 3.53. The van der Waals surface area contributed by atoms with Crippen LogP contribution in [0.5, 0.6) is 0 Å². The number of anilines is 1. The summed E-state index contributed by atoms with van der Waals surface area (Å²) < 4.78 is 5.28. The first-order chi connectivity index (χ1) is 11.1. The second kappa shape index (κ2) is 6.47. The minimum absolute atomic E-state index is 0.0161. The van der Waals surface area contributed by atoms with E-state index in [1.807, 2.05) is 42.5 Å². The molecule has 3 rings (SSSR count). The van der Waals surface area contributed by atoms with E-state index < -0.39 is 0 Å². The number of thiazole rings is 1. The summed E-state index contributed by atoms with van der Waals surface area (Å²) in [6.45, 7) is 2.53. The van der Waals surface area contributed by atoms with Gasteiger partial charge in [0.1, 0.15) is 11.1 Å². The Morgan fingerprint density at radius 1 is 1.35 bits per heavy atom. The Hall–Kier alpha value is -2.25. The van der Waals surface area contributed by atoms with Crippen LogP contribution in [0.3, 0.4) is 0 Å². The van der Waals surface area contributed by atoms with E-state index in [0.29, 0.717) is 23.4 Å². The minimum Gasteiger partial charge on any atom is -0.375 e. The summed E-state index contributed by atoms with van der Waals surface area (Å²) in [6, 6.07) is 7.31. The Morgan fingerprint density at radius 2 is 2.13 bits per heavy atom. The van der Waals surface area contributed by atoms with Crippen molar-refractivity contribution in [2.75, 3.05) is 19.1 Å². The summed E-state index contributed by atoms with van der Waals surface area (Å²) in [5.41, 5.74) is 1.47. The van der Waals surface area contributed by atoms with Crippen LogP contribution in [0.1, 0.15) is 23.7 Å². The quantitative estimate of drug-likeness (QED) is 0.779. The SMILES string of the molecule is COC(C)c1nc(CN(C)c2nc3ccccc3c(=O)[nH]2)cs1. The Morgan fingerprint density at radius 3 is 2.91 bits per heavy atom. The van der Waals surface area contributed by atoms with Gasteiger partial charge in [0.05, 0.1) is 23.1 Å². The number of methoxy groups -OCH3 is 1. The minimum atomic E-state index is -0.135. The number of nitrogens with zero attached hydrogens (tertiary/aromatic N) is 3. The van der Waals surface area contributed by atoms with Crippen LogP contribution >= 0.6 is 11.3 Å². The molecule has 0 aliphatic carbocycles. The van der Waals surface area contributed by atoms with Gasteiger partial charge in [0, 0.05) is 19.5 Å². The fourth-order valence-electron chi connectivity index (χ4n) is 2.26. The number of hydrogen-bond donors (Lipinski definition) is 1. The van der Waals surface area contributed by atoms with Gasteiger partial charge in [-0.25, -0.2) is 9.97 Å². The number of benzene rings is 1. The normalized spacial score (nSPS) is 12.5. The van der Waals surface area contributed by atoms with Crippen molar-refractivity contribution in [2.45, 2.75) is 19.6 Å². The number of nitrogens with one attached hydrogen (secondary N) is 1. The summed E-state index contributed by atoms with van der Waals surface area (Å²) in [4.78, 5) is 25.9. The number of rotatable bonds is 5. The average molecular weight is 330 g/mol. The lowest BCUT2D eigenvalue weighted by Gasteiger charge is -2.16. The second-order valence-electron chi connectivity index (χ2n) is 5.32. The molecule has 0 spiro atoms. The number of para-hydroxylation sites is 1. The molecule has 1 unspecified atom stereocenters. The van der Waals surface area contributed by atoms with Gasteiger partial charge in [0.2, 0.25) is 5.95 Å². The summed E-state index contributed by atoms with van der Waals surface area (Å²) in [7, 11) is 3.55. The topological polar surface area (TPSA) is 71.1 Å². The molecule has 6 nitrogen and oxygen atoms in total. The van der Waals surface area contributed by atoms with Crippen LogP contribution in [0.15, 0.2) is 34.4 Å². The monoisotopic (exact) mass is 330 g/mol. The maximum atomic E-state index is 12.1. The molecule has 0 fully saturated rings. The summed E-state index contributed by atoms with van der Waals surface area (Å²) in [5.74, 6) is 0.531. The number of ether oxygens (including phenoxy) is 1. The Labute approximate surface area is 137 Å². The number of aromatic amines is 1. The van der Waals surface area contributed by atoms with E-state index in [1.165, 1.54) is 0 Å². The zero-order valence-electron chi connectivity index (χ0n) is 13.2. The van der Waals surface area contributed by atoms with Crippen molar-refractivity contribution in [3.05, 3.63) is 50.7 Å². The molecular weight excluding hydrogens is 312 g/mol. The van der Waals surface area contributed by atoms with Crippen molar-refractivity contribution in [2.24, 2.45) is 0 Å². The van der Waals surface area contributed by atoms with Gasteiger partial charge < -0.3 is 9.64 Å². The zero-order chi connectivity index (χ0) is 16.4. The molecule has 0 bridgehead atoms. The largest absolute Gasteiger partial charge is 0.375 e. The molecule has 0 aliphatic rings. The first kappa shape index (κ1) is 15.6. The van der Waals surface area contributed by atoms with E-state index in [2.05, 4.69) is 15.0 Å². The number of fused-ring (bicyclic) bond motifs is 1. The van der Waals surface area contributed by atoms with Crippen molar-refractivity contribution in [1.29, 1.82) is 0 Å². The summed E-state index contributed by atoms with van der Waals surface area (Å²) >= 11 is 1.57. The van der Waals surface area contributed by atoms with Gasteiger partial charge in [-0.15, -0.1) is 11.3 Å². The lowest BCUT2D eigenvalue weighted by molar-refractivity contribution is 0.119. The van der Waals surface area contributed by atoms with Crippen LogP contribution in [0.25, 0.3) is 10.9 Å². The molecule has 1 aromatic carbocycles. The Kier molecular flexibility index (Phi) is 4.40. The molecule has 3 aromatic rings. The molecule has 7 heteroatoms. The van der Waals surface area contributed by atoms with E-state index in [9.17, 15) is 4.79 Å². The first-order valence-corrected chi connectivity index (χ1v) is 8.13. The Balaban J connectivity index is 1.84. The number of aromatic nitrogens is 3. The highest BCUT2D eigenvalue weighted by Crippen LogP contribution is 2.21. The molecule has 2 heterocycles. The molecular formula is C16H18N4O2S. The van der Waals surface area contributed by atoms with Gasteiger partial charge in [-0.05, 0) is 19.1 Å². The predicted molar refractivity (Wildman–Crippen MR) is 92.0 cm³/mol. The van der Waals surface area contributed by atoms with Gasteiger partial charge >= 0.3 is 0 Å². The van der Waals surface area contributed by atoms with Crippen molar-refractivity contribution in [3.63, 3.8) is 0 Å². The van der Waals surface area contributed by atoms with E-state index in [4.69, 9.17) is 4.74 Å². The van der Waals surface area contributed by atoms with E-state index in [0.717, 1.165) is 10.7 Å². The third-order valence-electron chi connectivity index (χ3n) is 3.63. The van der Waals surface area contributed by atoms with Crippen molar-refractivity contribution < 1.29 is 4.74 Å². The molecule has 0 aliphatic heterocycles. The van der Waals surface area contributed by atoms with Gasteiger partial charge in [0.15, 0.2) is 0 Å². The average Bonchev–Trinajstić information content (AvgIpc) is 3.02. The van der Waals surface area contributed by atoms with Crippen molar-refractivity contribution in [3.8, 4) is 0 Å². The zero-order valence-corrected chi connectivity index (χ0v) is 14.1. The molecule has 0 radical (unpaired) electrons. The standard InChI is InChI=1S/C16H18N4O2S/c1-10(22-3)15-17-11(9-23-15)8-20(2)16-18-13-7-5-4-6-12(13)14(21)19-16/h4-7,9-10H,8H2,1-3H3,(H,18,19,21). The molecule has 0 amide bonds. The maximum Gasteiger partial charge on any atom is 0.260 e. The van der Waals surface area contributed by atoms with E-state index in [-0.39, 0.29) is 11.7 Å². The van der Waals surface area contributed by atoms with E-state index in [1.54, 1.807) is 24.5 Å². The fraction of sp³-hybridized carbons (Fsp3) is 0.312. The third-order valence-corrected chi connectivity index (χ3v) is 4.69. The number of H-pyrrole nitrogens is 1. The van der Waals surface area contributed by atoms with Gasteiger partial charge in [-0.2, -0.15) is 0 Å². The van der Waals surface area contributed by atoms with Crippen LogP contribution < -0.4 is 10.5 Å². The van der Waals surface area contributed by atoms with E-state index >= 15 is 0 Å².